The van der Waals surface area contributed by atoms with Crippen molar-refractivity contribution >= 4 is 11.8 Å². The van der Waals surface area contributed by atoms with Crippen molar-refractivity contribution in [1.29, 1.82) is 0 Å². The van der Waals surface area contributed by atoms with E-state index in [9.17, 15) is 0 Å². The van der Waals surface area contributed by atoms with Gasteiger partial charge in [0.1, 0.15) is 12.1 Å². The van der Waals surface area contributed by atoms with E-state index in [-0.39, 0.29) is 0 Å². The molecule has 0 radical (unpaired) electrons. The van der Waals surface area contributed by atoms with Gasteiger partial charge in [-0.25, -0.2) is 9.67 Å². The summed E-state index contributed by atoms with van der Waals surface area (Å²) >= 11 is 1.62. The molecule has 0 saturated carbocycles. The molecule has 2 rings (SSSR count). The quantitative estimate of drug-likeness (QED) is 0.792. The molecule has 6 heteroatoms. The van der Waals surface area contributed by atoms with Crippen LogP contribution in [0.15, 0.2) is 17.7 Å². The topological polar surface area (TPSA) is 52.8 Å². The Hall–Kier alpha value is -1.56. The monoisotopic (exact) mass is 264 g/mol. The fourth-order valence-corrected chi connectivity index (χ4v) is 2.68. The number of thioether (sulfide) groups is 1. The van der Waals surface area contributed by atoms with Gasteiger partial charge in [0.25, 0.3) is 0 Å². The summed E-state index contributed by atoms with van der Waals surface area (Å²) in [7, 11) is 3.57. The Morgan fingerprint density at radius 1 is 1.33 bits per heavy atom. The molecule has 0 aliphatic heterocycles. The van der Waals surface area contributed by atoms with Crippen molar-refractivity contribution in [3.63, 3.8) is 0 Å². The molecule has 0 aliphatic carbocycles. The second-order valence-corrected chi connectivity index (χ2v) is 4.94. The minimum absolute atomic E-state index is 0.759. The second kappa shape index (κ2) is 5.39. The first-order valence-electron chi connectivity index (χ1n) is 5.59. The smallest absolute Gasteiger partial charge is 0.186 e. The summed E-state index contributed by atoms with van der Waals surface area (Å²) in [6, 6.07) is 0. The van der Waals surface area contributed by atoms with Crippen LogP contribution in [0.5, 0.6) is 5.75 Å². The molecule has 0 saturated heterocycles. The summed E-state index contributed by atoms with van der Waals surface area (Å²) < 4.78 is 7.15. The molecule has 0 amide bonds. The van der Waals surface area contributed by atoms with Crippen LogP contribution < -0.4 is 4.74 Å². The van der Waals surface area contributed by atoms with Gasteiger partial charge in [-0.1, -0.05) is 11.8 Å². The largest absolute Gasteiger partial charge is 0.496 e. The molecule has 5 nitrogen and oxygen atoms in total. The summed E-state index contributed by atoms with van der Waals surface area (Å²) in [4.78, 5) is 8.63. The number of pyridine rings is 1. The zero-order chi connectivity index (χ0) is 13.1. The highest BCUT2D eigenvalue weighted by Crippen LogP contribution is 2.27. The minimum Gasteiger partial charge on any atom is -0.496 e. The lowest BCUT2D eigenvalue weighted by Crippen LogP contribution is -2.00. The first kappa shape index (κ1) is 12.9. The highest BCUT2D eigenvalue weighted by atomic mass is 32.2. The third-order valence-electron chi connectivity index (χ3n) is 2.76. The fourth-order valence-electron chi connectivity index (χ4n) is 1.77. The average molecular weight is 264 g/mol. The van der Waals surface area contributed by atoms with Crippen molar-refractivity contribution in [1.82, 2.24) is 19.7 Å². The number of aromatic nitrogens is 4. The van der Waals surface area contributed by atoms with Gasteiger partial charge >= 0.3 is 0 Å². The summed E-state index contributed by atoms with van der Waals surface area (Å²) in [5.41, 5.74) is 3.17. The Labute approximate surface area is 111 Å². The lowest BCUT2D eigenvalue weighted by Gasteiger charge is -2.11. The molecular weight excluding hydrogens is 248 g/mol. The van der Waals surface area contributed by atoms with Gasteiger partial charge in [-0.05, 0) is 13.8 Å². The molecule has 0 spiro atoms. The van der Waals surface area contributed by atoms with E-state index in [1.54, 1.807) is 29.9 Å². The van der Waals surface area contributed by atoms with Crippen LogP contribution in [0.1, 0.15) is 16.8 Å². The maximum absolute atomic E-state index is 5.39. The van der Waals surface area contributed by atoms with Gasteiger partial charge in [0.2, 0.25) is 0 Å². The molecule has 0 fully saturated rings. The van der Waals surface area contributed by atoms with Crippen LogP contribution >= 0.6 is 11.8 Å². The van der Waals surface area contributed by atoms with E-state index >= 15 is 0 Å². The van der Waals surface area contributed by atoms with Crippen molar-refractivity contribution in [3.8, 4) is 5.75 Å². The van der Waals surface area contributed by atoms with Crippen LogP contribution in [0.25, 0.3) is 0 Å². The summed E-state index contributed by atoms with van der Waals surface area (Å²) in [5, 5.41) is 4.92. The van der Waals surface area contributed by atoms with Crippen molar-refractivity contribution in [3.05, 3.63) is 29.3 Å². The normalized spacial score (nSPS) is 10.7. The molecule has 96 valence electrons. The van der Waals surface area contributed by atoms with E-state index in [0.29, 0.717) is 0 Å². The van der Waals surface area contributed by atoms with Gasteiger partial charge in [0, 0.05) is 30.1 Å². The molecule has 0 N–H and O–H groups in total. The first-order chi connectivity index (χ1) is 8.63. The minimum atomic E-state index is 0.759. The molecule has 2 aromatic heterocycles. The number of aryl methyl sites for hydroxylation is 2. The lowest BCUT2D eigenvalue weighted by molar-refractivity contribution is 0.407. The van der Waals surface area contributed by atoms with E-state index in [1.165, 1.54) is 0 Å². The molecule has 2 aromatic rings. The third-order valence-corrected chi connectivity index (χ3v) is 3.80. The first-order valence-corrected chi connectivity index (χ1v) is 6.58. The third kappa shape index (κ3) is 2.48. The summed E-state index contributed by atoms with van der Waals surface area (Å²) in [5.74, 6) is 1.67. The summed E-state index contributed by atoms with van der Waals surface area (Å²) in [6.07, 6.45) is 3.40. The Kier molecular flexibility index (Phi) is 3.86. The maximum atomic E-state index is 5.39. The van der Waals surface area contributed by atoms with E-state index in [2.05, 4.69) is 15.1 Å². The molecule has 0 bridgehead atoms. The van der Waals surface area contributed by atoms with Crippen molar-refractivity contribution in [2.45, 2.75) is 24.8 Å². The molecule has 0 aliphatic rings. The van der Waals surface area contributed by atoms with Crippen molar-refractivity contribution in [2.75, 3.05) is 7.11 Å². The van der Waals surface area contributed by atoms with Crippen LogP contribution in [0, 0.1) is 13.8 Å². The van der Waals surface area contributed by atoms with Crippen LogP contribution in [0.4, 0.5) is 0 Å². The SMILES string of the molecule is COc1c(C)cnc(CSc2ncnn2C)c1C. The Morgan fingerprint density at radius 2 is 2.11 bits per heavy atom. The van der Waals surface area contributed by atoms with Crippen LogP contribution in [-0.2, 0) is 12.8 Å². The predicted molar refractivity (Wildman–Crippen MR) is 70.8 cm³/mol. The zero-order valence-electron chi connectivity index (χ0n) is 11.0. The summed E-state index contributed by atoms with van der Waals surface area (Å²) in [6.45, 7) is 4.03. The highest BCUT2D eigenvalue weighted by Gasteiger charge is 2.11. The van der Waals surface area contributed by atoms with Crippen LogP contribution in [0.3, 0.4) is 0 Å². The van der Waals surface area contributed by atoms with E-state index in [0.717, 1.165) is 33.5 Å². The van der Waals surface area contributed by atoms with Gasteiger partial charge in [0.15, 0.2) is 5.16 Å². The van der Waals surface area contributed by atoms with Crippen LogP contribution in [0.2, 0.25) is 0 Å². The fraction of sp³-hybridized carbons (Fsp3) is 0.417. The number of nitrogens with zero attached hydrogens (tertiary/aromatic N) is 4. The number of ether oxygens (including phenoxy) is 1. The number of hydrogen-bond acceptors (Lipinski definition) is 5. The highest BCUT2D eigenvalue weighted by molar-refractivity contribution is 7.98. The number of rotatable bonds is 4. The Bertz CT molecular complexity index is 553. The van der Waals surface area contributed by atoms with Crippen molar-refractivity contribution in [2.24, 2.45) is 7.05 Å². The average Bonchev–Trinajstić information content (AvgIpc) is 2.75. The standard InChI is InChI=1S/C12H16N4OS/c1-8-5-13-10(9(2)11(8)17-4)6-18-12-14-7-15-16(12)3/h5,7H,6H2,1-4H3. The number of hydrogen-bond donors (Lipinski definition) is 0. The van der Waals surface area contributed by atoms with E-state index < -0.39 is 0 Å². The van der Waals surface area contributed by atoms with Gasteiger partial charge < -0.3 is 4.74 Å². The van der Waals surface area contributed by atoms with Crippen LogP contribution in [-0.4, -0.2) is 26.9 Å². The second-order valence-electron chi connectivity index (χ2n) is 4.00. The predicted octanol–water partition coefficient (Wildman–Crippen LogP) is 2.13. The van der Waals surface area contributed by atoms with Gasteiger partial charge in [0.05, 0.1) is 12.8 Å². The lowest BCUT2D eigenvalue weighted by atomic mass is 10.1. The zero-order valence-corrected chi connectivity index (χ0v) is 11.8. The van der Waals surface area contributed by atoms with Gasteiger partial charge in [-0.2, -0.15) is 5.10 Å². The molecule has 18 heavy (non-hydrogen) atoms. The molecular formula is C12H16N4OS. The molecule has 0 unspecified atom stereocenters. The molecule has 2 heterocycles. The van der Waals surface area contributed by atoms with E-state index in [4.69, 9.17) is 4.74 Å². The van der Waals surface area contributed by atoms with E-state index in [1.807, 2.05) is 27.1 Å². The maximum Gasteiger partial charge on any atom is 0.186 e. The van der Waals surface area contributed by atoms with Gasteiger partial charge in [-0.3, -0.25) is 4.98 Å². The number of methoxy groups -OCH3 is 1. The molecule has 0 atom stereocenters. The van der Waals surface area contributed by atoms with Crippen molar-refractivity contribution < 1.29 is 4.74 Å². The Morgan fingerprint density at radius 3 is 2.72 bits per heavy atom. The Balaban J connectivity index is 2.18. The van der Waals surface area contributed by atoms with Gasteiger partial charge in [-0.15, -0.1) is 0 Å². The molecule has 0 aromatic carbocycles.